The number of benzene rings is 4. The number of aryl methyl sites for hydroxylation is 1. The van der Waals surface area contributed by atoms with Crippen LogP contribution in [0, 0.1) is 6.92 Å². The minimum atomic E-state index is -4.18. The van der Waals surface area contributed by atoms with E-state index in [0.717, 1.165) is 53.1 Å². The number of amides is 2. The second kappa shape index (κ2) is 16.5. The number of carbonyl (C=O) groups is 2. The summed E-state index contributed by atoms with van der Waals surface area (Å²) in [5.74, 6) is -0.529. The molecule has 1 atom stereocenters. The van der Waals surface area contributed by atoms with Gasteiger partial charge in [0.2, 0.25) is 11.8 Å². The van der Waals surface area contributed by atoms with Crippen molar-refractivity contribution in [3.05, 3.63) is 130 Å². The van der Waals surface area contributed by atoms with Crippen molar-refractivity contribution in [2.75, 3.05) is 10.8 Å². The molecule has 1 aliphatic rings. The molecule has 1 saturated carbocycles. The molecular formula is C40H46ClN3O4S. The summed E-state index contributed by atoms with van der Waals surface area (Å²) in [6.45, 7) is 5.54. The van der Waals surface area contributed by atoms with E-state index in [1.54, 1.807) is 42.5 Å². The number of halogens is 1. The highest BCUT2D eigenvalue weighted by atomic mass is 35.5. The zero-order valence-corrected chi connectivity index (χ0v) is 30.1. The van der Waals surface area contributed by atoms with Gasteiger partial charge in [0.25, 0.3) is 10.0 Å². The molecule has 0 radical (unpaired) electrons. The molecule has 0 spiro atoms. The van der Waals surface area contributed by atoms with Crippen molar-refractivity contribution in [1.82, 2.24) is 10.2 Å². The molecule has 0 heterocycles. The smallest absolute Gasteiger partial charge is 0.264 e. The van der Waals surface area contributed by atoms with Crippen LogP contribution in [-0.2, 0) is 32.6 Å². The van der Waals surface area contributed by atoms with Gasteiger partial charge in [0.1, 0.15) is 12.6 Å². The van der Waals surface area contributed by atoms with Crippen molar-refractivity contribution in [1.29, 1.82) is 0 Å². The highest BCUT2D eigenvalue weighted by Crippen LogP contribution is 2.28. The van der Waals surface area contributed by atoms with Crippen LogP contribution in [0.3, 0.4) is 0 Å². The normalized spacial score (nSPS) is 14.3. The zero-order valence-electron chi connectivity index (χ0n) is 28.5. The van der Waals surface area contributed by atoms with E-state index in [9.17, 15) is 18.0 Å². The second-order valence-electron chi connectivity index (χ2n) is 13.2. The monoisotopic (exact) mass is 699 g/mol. The summed E-state index contributed by atoms with van der Waals surface area (Å²) in [5, 5.41) is 3.70. The molecule has 258 valence electrons. The summed E-state index contributed by atoms with van der Waals surface area (Å²) < 4.78 is 29.8. The second-order valence-corrected chi connectivity index (χ2v) is 15.5. The van der Waals surface area contributed by atoms with Gasteiger partial charge in [0.05, 0.1) is 10.6 Å². The van der Waals surface area contributed by atoms with E-state index >= 15 is 0 Å². The Morgan fingerprint density at radius 3 is 2.10 bits per heavy atom. The maximum absolute atomic E-state index is 14.8. The molecule has 1 aliphatic carbocycles. The topological polar surface area (TPSA) is 86.8 Å². The van der Waals surface area contributed by atoms with Crippen molar-refractivity contribution >= 4 is 39.1 Å². The summed E-state index contributed by atoms with van der Waals surface area (Å²) in [6, 6.07) is 29.8. The van der Waals surface area contributed by atoms with Crippen LogP contribution < -0.4 is 9.62 Å². The van der Waals surface area contributed by atoms with Gasteiger partial charge >= 0.3 is 0 Å². The van der Waals surface area contributed by atoms with Crippen LogP contribution in [0.4, 0.5) is 5.69 Å². The fourth-order valence-electron chi connectivity index (χ4n) is 6.30. The van der Waals surface area contributed by atoms with E-state index in [1.165, 1.54) is 4.90 Å². The van der Waals surface area contributed by atoms with Gasteiger partial charge in [-0.25, -0.2) is 8.42 Å². The molecule has 2 amide bonds. The number of hydrogen-bond acceptors (Lipinski definition) is 4. The lowest BCUT2D eigenvalue weighted by Gasteiger charge is -2.35. The molecule has 0 aliphatic heterocycles. The summed E-state index contributed by atoms with van der Waals surface area (Å²) in [4.78, 5) is 30.6. The number of anilines is 1. The Balaban J connectivity index is 1.57. The summed E-state index contributed by atoms with van der Waals surface area (Å²) >= 11 is 6.64. The van der Waals surface area contributed by atoms with Gasteiger partial charge in [-0.15, -0.1) is 0 Å². The number of carbonyl (C=O) groups excluding carboxylic acids is 2. The molecule has 4 aromatic rings. The number of hydrogen-bond donors (Lipinski definition) is 1. The van der Waals surface area contributed by atoms with E-state index in [0.29, 0.717) is 16.3 Å². The zero-order chi connectivity index (χ0) is 35.0. The fourth-order valence-corrected chi connectivity index (χ4v) is 7.91. The van der Waals surface area contributed by atoms with Crippen LogP contribution in [0.1, 0.15) is 74.1 Å². The van der Waals surface area contributed by atoms with Crippen molar-refractivity contribution < 1.29 is 18.0 Å². The van der Waals surface area contributed by atoms with Gasteiger partial charge in [-0.1, -0.05) is 123 Å². The Morgan fingerprint density at radius 1 is 0.837 bits per heavy atom. The molecule has 0 unspecified atom stereocenters. The number of nitrogens with zero attached hydrogens (tertiary/aromatic N) is 2. The number of sulfonamides is 1. The standard InChI is InChI=1S/C40H46ClN3O4S/c1-29(2)32-20-22-35(23-21-32)44(49(47,48)36-24-18-30(3)19-25-36)28-39(45)43(27-33-14-10-11-17-37(33)41)38(26-31-12-6-4-7-13-31)40(46)42-34-15-8-5-9-16-34/h4,6-7,10-14,17-25,29,34,38H,5,8-9,15-16,26-28H2,1-3H3,(H,42,46)/t38-/m1/s1. The predicted molar refractivity (Wildman–Crippen MR) is 197 cm³/mol. The third kappa shape index (κ3) is 9.31. The first-order valence-electron chi connectivity index (χ1n) is 17.1. The quantitative estimate of drug-likeness (QED) is 0.153. The lowest BCUT2D eigenvalue weighted by atomic mass is 9.94. The molecule has 9 heteroatoms. The first-order valence-corrected chi connectivity index (χ1v) is 18.9. The molecule has 49 heavy (non-hydrogen) atoms. The molecule has 5 rings (SSSR count). The molecular weight excluding hydrogens is 654 g/mol. The molecule has 0 aromatic heterocycles. The van der Waals surface area contributed by atoms with E-state index in [1.807, 2.05) is 67.6 Å². The van der Waals surface area contributed by atoms with Crippen LogP contribution in [0.25, 0.3) is 0 Å². The maximum atomic E-state index is 14.8. The van der Waals surface area contributed by atoms with Crippen LogP contribution in [0.2, 0.25) is 5.02 Å². The lowest BCUT2D eigenvalue weighted by Crippen LogP contribution is -2.55. The Hall–Kier alpha value is -4.14. The SMILES string of the molecule is Cc1ccc(S(=O)(=O)N(CC(=O)N(Cc2ccccc2Cl)[C@H](Cc2ccccc2)C(=O)NC2CCCCC2)c2ccc(C(C)C)cc2)cc1. The maximum Gasteiger partial charge on any atom is 0.264 e. The fraction of sp³-hybridized carbons (Fsp3) is 0.350. The largest absolute Gasteiger partial charge is 0.352 e. The average molecular weight is 700 g/mol. The van der Waals surface area contributed by atoms with E-state index < -0.39 is 28.5 Å². The van der Waals surface area contributed by atoms with Gasteiger partial charge in [-0.2, -0.15) is 0 Å². The van der Waals surface area contributed by atoms with E-state index in [2.05, 4.69) is 19.2 Å². The van der Waals surface area contributed by atoms with Crippen LogP contribution in [-0.4, -0.2) is 43.8 Å². The van der Waals surface area contributed by atoms with Crippen molar-refractivity contribution in [2.24, 2.45) is 0 Å². The summed E-state index contributed by atoms with van der Waals surface area (Å²) in [7, 11) is -4.18. The highest BCUT2D eigenvalue weighted by Gasteiger charge is 2.35. The molecule has 1 fully saturated rings. The van der Waals surface area contributed by atoms with Crippen molar-refractivity contribution in [3.63, 3.8) is 0 Å². The predicted octanol–water partition coefficient (Wildman–Crippen LogP) is 8.06. The van der Waals surface area contributed by atoms with Crippen LogP contribution in [0.5, 0.6) is 0 Å². The Labute approximate surface area is 296 Å². The van der Waals surface area contributed by atoms with Gasteiger partial charge < -0.3 is 10.2 Å². The molecule has 0 saturated heterocycles. The minimum absolute atomic E-state index is 0.0228. The third-order valence-corrected chi connectivity index (χ3v) is 11.4. The summed E-state index contributed by atoms with van der Waals surface area (Å²) in [6.07, 6.45) is 5.24. The third-order valence-electron chi connectivity index (χ3n) is 9.26. The Morgan fingerprint density at radius 2 is 1.47 bits per heavy atom. The van der Waals surface area contributed by atoms with Crippen molar-refractivity contribution in [2.45, 2.75) is 88.7 Å². The number of nitrogens with one attached hydrogen (secondary N) is 1. The average Bonchev–Trinajstić information content (AvgIpc) is 3.10. The summed E-state index contributed by atoms with van der Waals surface area (Å²) in [5.41, 5.74) is 3.88. The first-order chi connectivity index (χ1) is 23.5. The van der Waals surface area contributed by atoms with Gasteiger partial charge in [0.15, 0.2) is 0 Å². The highest BCUT2D eigenvalue weighted by molar-refractivity contribution is 7.92. The molecule has 0 bridgehead atoms. The number of rotatable bonds is 13. The van der Waals surface area contributed by atoms with Crippen LogP contribution in [0.15, 0.2) is 108 Å². The van der Waals surface area contributed by atoms with Gasteiger partial charge in [0, 0.05) is 24.0 Å². The molecule has 1 N–H and O–H groups in total. The van der Waals surface area contributed by atoms with E-state index in [4.69, 9.17) is 11.6 Å². The van der Waals surface area contributed by atoms with Gasteiger partial charge in [-0.05, 0) is 72.7 Å². The lowest BCUT2D eigenvalue weighted by molar-refractivity contribution is -0.140. The van der Waals surface area contributed by atoms with Crippen LogP contribution >= 0.6 is 11.6 Å². The minimum Gasteiger partial charge on any atom is -0.352 e. The first kappa shape index (κ1) is 36.1. The molecule has 4 aromatic carbocycles. The van der Waals surface area contributed by atoms with Crippen molar-refractivity contribution in [3.8, 4) is 0 Å². The molecule has 7 nitrogen and oxygen atoms in total. The Kier molecular flexibility index (Phi) is 12.2. The van der Waals surface area contributed by atoms with E-state index in [-0.39, 0.29) is 35.7 Å². The Bertz CT molecular complexity index is 1810. The van der Waals surface area contributed by atoms with Gasteiger partial charge in [-0.3, -0.25) is 13.9 Å².